The summed E-state index contributed by atoms with van der Waals surface area (Å²) in [5, 5.41) is 15.4. The SMILES string of the molecule is C.Cc1cccc(C(=O)N2Cc3nnn(-c4ccn[nH]4)c3C[C@@H]2C)c1C. The van der Waals surface area contributed by atoms with Gasteiger partial charge in [-0.3, -0.25) is 9.89 Å². The standard InChI is InChI=1S/C18H20N6O.CH4/c1-11-5-4-6-14(13(11)3)18(25)23-10-15-16(9-12(23)2)24(22-20-15)17-7-8-19-21-17;/h4-8,12H,9-10H2,1-3H3,(H,19,21);1H4/t12-;/m0./s1. The Balaban J connectivity index is 0.00000196. The Morgan fingerprint density at radius 1 is 1.27 bits per heavy atom. The molecule has 1 aliphatic heterocycles. The van der Waals surface area contributed by atoms with E-state index in [0.29, 0.717) is 13.0 Å². The molecule has 0 radical (unpaired) electrons. The zero-order valence-electron chi connectivity index (χ0n) is 14.5. The Morgan fingerprint density at radius 3 is 2.81 bits per heavy atom. The predicted octanol–water partition coefficient (Wildman–Crippen LogP) is 2.83. The number of carbonyl (C=O) groups excluding carboxylic acids is 1. The van der Waals surface area contributed by atoms with Crippen LogP contribution in [0.2, 0.25) is 0 Å². The van der Waals surface area contributed by atoms with Crippen molar-refractivity contribution in [2.45, 2.75) is 47.2 Å². The van der Waals surface area contributed by atoms with Crippen molar-refractivity contribution in [3.63, 3.8) is 0 Å². The summed E-state index contributed by atoms with van der Waals surface area (Å²) in [5.74, 6) is 0.839. The van der Waals surface area contributed by atoms with Crippen LogP contribution in [0.1, 0.15) is 47.2 Å². The molecule has 26 heavy (non-hydrogen) atoms. The summed E-state index contributed by atoms with van der Waals surface area (Å²) in [6, 6.07) is 7.78. The number of H-pyrrole nitrogens is 1. The Kier molecular flexibility index (Phi) is 4.63. The van der Waals surface area contributed by atoms with Gasteiger partial charge in [0, 0.05) is 24.1 Å². The monoisotopic (exact) mass is 352 g/mol. The molecule has 3 heterocycles. The first-order chi connectivity index (χ1) is 12.1. The van der Waals surface area contributed by atoms with Gasteiger partial charge < -0.3 is 4.90 Å². The second-order valence-corrected chi connectivity index (χ2v) is 6.57. The van der Waals surface area contributed by atoms with Gasteiger partial charge in [0.05, 0.1) is 18.4 Å². The molecule has 7 heteroatoms. The van der Waals surface area contributed by atoms with E-state index in [0.717, 1.165) is 33.9 Å². The summed E-state index contributed by atoms with van der Waals surface area (Å²) in [5.41, 5.74) is 4.79. The van der Waals surface area contributed by atoms with Crippen LogP contribution in [0, 0.1) is 13.8 Å². The third-order valence-electron chi connectivity index (χ3n) is 4.99. The minimum atomic E-state index is 0. The highest BCUT2D eigenvalue weighted by molar-refractivity contribution is 5.96. The van der Waals surface area contributed by atoms with Gasteiger partial charge in [-0.2, -0.15) is 9.78 Å². The van der Waals surface area contributed by atoms with Crippen molar-refractivity contribution >= 4 is 5.91 Å². The van der Waals surface area contributed by atoms with Crippen LogP contribution in [-0.4, -0.2) is 42.0 Å². The molecule has 1 N–H and O–H groups in total. The molecule has 136 valence electrons. The van der Waals surface area contributed by atoms with Gasteiger partial charge in [-0.1, -0.05) is 24.8 Å². The number of aromatic amines is 1. The summed E-state index contributed by atoms with van der Waals surface area (Å²) in [4.78, 5) is 15.0. The molecule has 0 spiro atoms. The molecule has 3 aromatic rings. The lowest BCUT2D eigenvalue weighted by Crippen LogP contribution is -2.43. The van der Waals surface area contributed by atoms with Gasteiger partial charge >= 0.3 is 0 Å². The maximum Gasteiger partial charge on any atom is 0.254 e. The largest absolute Gasteiger partial charge is 0.329 e. The fraction of sp³-hybridized carbons (Fsp3) is 0.368. The van der Waals surface area contributed by atoms with E-state index in [1.807, 2.05) is 43.0 Å². The predicted molar refractivity (Wildman–Crippen MR) is 99.2 cm³/mol. The Labute approximate surface area is 153 Å². The van der Waals surface area contributed by atoms with Gasteiger partial charge in [0.2, 0.25) is 0 Å². The van der Waals surface area contributed by atoms with E-state index < -0.39 is 0 Å². The summed E-state index contributed by atoms with van der Waals surface area (Å²) in [7, 11) is 0. The first-order valence-electron chi connectivity index (χ1n) is 8.36. The Bertz CT molecular complexity index is 928. The second kappa shape index (κ2) is 6.74. The fourth-order valence-electron chi connectivity index (χ4n) is 3.34. The molecule has 1 aliphatic rings. The number of hydrogen-bond acceptors (Lipinski definition) is 4. The lowest BCUT2D eigenvalue weighted by atomic mass is 9.98. The van der Waals surface area contributed by atoms with Crippen molar-refractivity contribution < 1.29 is 4.79 Å². The van der Waals surface area contributed by atoms with Crippen LogP contribution >= 0.6 is 0 Å². The second-order valence-electron chi connectivity index (χ2n) is 6.57. The molecule has 4 rings (SSSR count). The van der Waals surface area contributed by atoms with Crippen LogP contribution in [-0.2, 0) is 13.0 Å². The molecule has 0 fully saturated rings. The Hall–Kier alpha value is -2.96. The van der Waals surface area contributed by atoms with Crippen LogP contribution in [0.25, 0.3) is 5.82 Å². The number of aryl methyl sites for hydroxylation is 1. The van der Waals surface area contributed by atoms with E-state index in [4.69, 9.17) is 0 Å². The van der Waals surface area contributed by atoms with Gasteiger partial charge in [-0.05, 0) is 38.0 Å². The van der Waals surface area contributed by atoms with Crippen LogP contribution in [0.5, 0.6) is 0 Å². The number of nitrogens with one attached hydrogen (secondary N) is 1. The van der Waals surface area contributed by atoms with E-state index in [2.05, 4.69) is 27.4 Å². The third-order valence-corrected chi connectivity index (χ3v) is 4.99. The fourth-order valence-corrected chi connectivity index (χ4v) is 3.34. The molecule has 0 saturated carbocycles. The zero-order chi connectivity index (χ0) is 17.6. The highest BCUT2D eigenvalue weighted by Crippen LogP contribution is 2.26. The van der Waals surface area contributed by atoms with Gasteiger partial charge in [0.25, 0.3) is 5.91 Å². The molecule has 1 amide bonds. The van der Waals surface area contributed by atoms with Crippen molar-refractivity contribution in [2.75, 3.05) is 0 Å². The van der Waals surface area contributed by atoms with Crippen molar-refractivity contribution in [3.05, 3.63) is 58.5 Å². The summed E-state index contributed by atoms with van der Waals surface area (Å²) < 4.78 is 1.78. The van der Waals surface area contributed by atoms with Crippen LogP contribution < -0.4 is 0 Å². The molecule has 0 bridgehead atoms. The number of rotatable bonds is 2. The van der Waals surface area contributed by atoms with Crippen molar-refractivity contribution in [1.82, 2.24) is 30.1 Å². The van der Waals surface area contributed by atoms with E-state index in [-0.39, 0.29) is 19.4 Å². The van der Waals surface area contributed by atoms with Crippen LogP contribution in [0.4, 0.5) is 0 Å². The maximum absolute atomic E-state index is 13.1. The lowest BCUT2D eigenvalue weighted by molar-refractivity contribution is 0.0652. The van der Waals surface area contributed by atoms with Crippen molar-refractivity contribution in [1.29, 1.82) is 0 Å². The number of amides is 1. The van der Waals surface area contributed by atoms with E-state index in [1.165, 1.54) is 0 Å². The first-order valence-corrected chi connectivity index (χ1v) is 8.36. The molecule has 0 unspecified atom stereocenters. The van der Waals surface area contributed by atoms with Crippen molar-refractivity contribution in [2.24, 2.45) is 0 Å². The first kappa shape index (κ1) is 17.8. The van der Waals surface area contributed by atoms with E-state index in [9.17, 15) is 4.79 Å². The molecule has 0 aliphatic carbocycles. The maximum atomic E-state index is 13.1. The molecular weight excluding hydrogens is 328 g/mol. The number of fused-ring (bicyclic) bond motifs is 1. The van der Waals surface area contributed by atoms with E-state index in [1.54, 1.807) is 10.9 Å². The number of benzene rings is 1. The Morgan fingerprint density at radius 2 is 2.08 bits per heavy atom. The highest BCUT2D eigenvalue weighted by Gasteiger charge is 2.32. The topological polar surface area (TPSA) is 79.7 Å². The number of hydrogen-bond donors (Lipinski definition) is 1. The van der Waals surface area contributed by atoms with Gasteiger partial charge in [-0.15, -0.1) is 5.10 Å². The molecule has 2 aromatic heterocycles. The van der Waals surface area contributed by atoms with Crippen molar-refractivity contribution in [3.8, 4) is 5.82 Å². The molecule has 1 aromatic carbocycles. The van der Waals surface area contributed by atoms with Gasteiger partial charge in [0.15, 0.2) is 5.82 Å². The normalized spacial score (nSPS) is 16.1. The highest BCUT2D eigenvalue weighted by atomic mass is 16.2. The van der Waals surface area contributed by atoms with Crippen LogP contribution in [0.15, 0.2) is 30.5 Å². The number of nitrogens with zero attached hydrogens (tertiary/aromatic N) is 5. The minimum Gasteiger partial charge on any atom is -0.329 e. The smallest absolute Gasteiger partial charge is 0.254 e. The summed E-state index contributed by atoms with van der Waals surface area (Å²) in [6.45, 7) is 6.56. The summed E-state index contributed by atoms with van der Waals surface area (Å²) in [6.07, 6.45) is 2.39. The third kappa shape index (κ3) is 2.79. The number of aromatic nitrogens is 5. The summed E-state index contributed by atoms with van der Waals surface area (Å²) >= 11 is 0. The van der Waals surface area contributed by atoms with Crippen LogP contribution in [0.3, 0.4) is 0 Å². The average Bonchev–Trinajstić information content (AvgIpc) is 3.25. The van der Waals surface area contributed by atoms with Gasteiger partial charge in [-0.25, -0.2) is 0 Å². The average molecular weight is 352 g/mol. The molecule has 1 atom stereocenters. The molecular formula is C19H24N6O. The van der Waals surface area contributed by atoms with Gasteiger partial charge in [0.1, 0.15) is 5.69 Å². The minimum absolute atomic E-state index is 0. The number of carbonyl (C=O) groups is 1. The quantitative estimate of drug-likeness (QED) is 0.769. The lowest BCUT2D eigenvalue weighted by Gasteiger charge is -2.33. The van der Waals surface area contributed by atoms with E-state index >= 15 is 0 Å². The molecule has 0 saturated heterocycles. The molecule has 7 nitrogen and oxygen atoms in total. The zero-order valence-corrected chi connectivity index (χ0v) is 14.5.